The van der Waals surface area contributed by atoms with Crippen LogP contribution in [0.15, 0.2) is 6.07 Å². The molecule has 0 amide bonds. The van der Waals surface area contributed by atoms with Crippen LogP contribution in [0.3, 0.4) is 0 Å². The minimum Gasteiger partial charge on any atom is -0.466 e. The van der Waals surface area contributed by atoms with Gasteiger partial charge in [-0.25, -0.2) is 9.97 Å². The lowest BCUT2D eigenvalue weighted by molar-refractivity contribution is -0.143. The number of aryl methyl sites for hydroxylation is 1. The normalized spacial score (nSPS) is 12.3. The zero-order valence-corrected chi connectivity index (χ0v) is 12.4. The molecule has 1 aromatic rings. The average Bonchev–Trinajstić information content (AvgIpc) is 2.27. The van der Waals surface area contributed by atoms with Crippen molar-refractivity contribution in [1.82, 2.24) is 9.97 Å². The Morgan fingerprint density at radius 2 is 2.05 bits per heavy atom. The number of carbonyl (C=O) groups is 1. The Labute approximate surface area is 114 Å². The Morgan fingerprint density at radius 1 is 1.37 bits per heavy atom. The summed E-state index contributed by atoms with van der Waals surface area (Å²) in [4.78, 5) is 20.2. The molecule has 0 aliphatic carbocycles. The van der Waals surface area contributed by atoms with Crippen LogP contribution in [-0.4, -0.2) is 28.6 Å². The molecule has 1 rings (SSSR count). The molecular weight excluding hydrogens is 242 g/mol. The summed E-state index contributed by atoms with van der Waals surface area (Å²) >= 11 is 0. The highest BCUT2D eigenvalue weighted by molar-refractivity contribution is 5.70. The third-order valence-corrected chi connectivity index (χ3v) is 2.56. The molecule has 1 N–H and O–H groups in total. The van der Waals surface area contributed by atoms with Gasteiger partial charge in [-0.2, -0.15) is 0 Å². The molecule has 0 saturated heterocycles. The van der Waals surface area contributed by atoms with Gasteiger partial charge in [0, 0.05) is 23.7 Å². The van der Waals surface area contributed by atoms with E-state index < -0.39 is 0 Å². The number of hydrogen-bond acceptors (Lipinski definition) is 5. The van der Waals surface area contributed by atoms with Crippen LogP contribution in [-0.2, 0) is 9.53 Å². The Morgan fingerprint density at radius 3 is 2.63 bits per heavy atom. The third kappa shape index (κ3) is 5.24. The minimum atomic E-state index is -0.197. The van der Waals surface area contributed by atoms with Crippen LogP contribution >= 0.6 is 0 Å². The number of esters is 1. The summed E-state index contributed by atoms with van der Waals surface area (Å²) < 4.78 is 4.92. The standard InChI is InChI=1S/C14H23N3O2/c1-6-19-13(18)8-11(5)15-12-7-10(4)16-14(17-12)9(2)3/h7,9,11H,6,8H2,1-5H3,(H,15,16,17). The van der Waals surface area contributed by atoms with Crippen molar-refractivity contribution in [2.24, 2.45) is 0 Å². The van der Waals surface area contributed by atoms with E-state index >= 15 is 0 Å². The summed E-state index contributed by atoms with van der Waals surface area (Å²) in [5, 5.41) is 3.22. The number of rotatable bonds is 6. The molecule has 5 heteroatoms. The van der Waals surface area contributed by atoms with Crippen molar-refractivity contribution in [2.45, 2.75) is 53.0 Å². The number of hydrogen-bond donors (Lipinski definition) is 1. The molecule has 19 heavy (non-hydrogen) atoms. The second-order valence-electron chi connectivity index (χ2n) is 4.96. The summed E-state index contributed by atoms with van der Waals surface area (Å²) in [6, 6.07) is 1.86. The van der Waals surface area contributed by atoms with Crippen LogP contribution < -0.4 is 5.32 Å². The summed E-state index contributed by atoms with van der Waals surface area (Å²) in [5.41, 5.74) is 0.921. The van der Waals surface area contributed by atoms with E-state index in [0.29, 0.717) is 13.0 Å². The van der Waals surface area contributed by atoms with Crippen molar-refractivity contribution in [3.63, 3.8) is 0 Å². The summed E-state index contributed by atoms with van der Waals surface area (Å²) in [6.45, 7) is 10.2. The average molecular weight is 265 g/mol. The van der Waals surface area contributed by atoms with E-state index in [4.69, 9.17) is 4.74 Å². The number of anilines is 1. The lowest BCUT2D eigenvalue weighted by Crippen LogP contribution is -2.22. The first-order valence-corrected chi connectivity index (χ1v) is 6.70. The monoisotopic (exact) mass is 265 g/mol. The number of aromatic nitrogens is 2. The minimum absolute atomic E-state index is 0.0200. The maximum absolute atomic E-state index is 11.4. The molecule has 1 heterocycles. The highest BCUT2D eigenvalue weighted by Crippen LogP contribution is 2.14. The summed E-state index contributed by atoms with van der Waals surface area (Å²) in [6.07, 6.45) is 0.327. The van der Waals surface area contributed by atoms with Crippen LogP contribution in [0.2, 0.25) is 0 Å². The topological polar surface area (TPSA) is 64.1 Å². The Kier molecular flexibility index (Phi) is 5.73. The highest BCUT2D eigenvalue weighted by atomic mass is 16.5. The van der Waals surface area contributed by atoms with E-state index in [0.717, 1.165) is 17.3 Å². The predicted molar refractivity (Wildman–Crippen MR) is 75.2 cm³/mol. The molecule has 1 aromatic heterocycles. The highest BCUT2D eigenvalue weighted by Gasteiger charge is 2.12. The van der Waals surface area contributed by atoms with E-state index in [2.05, 4.69) is 29.1 Å². The largest absolute Gasteiger partial charge is 0.466 e. The van der Waals surface area contributed by atoms with Crippen molar-refractivity contribution in [2.75, 3.05) is 11.9 Å². The molecular formula is C14H23N3O2. The molecule has 0 bridgehead atoms. The van der Waals surface area contributed by atoms with Gasteiger partial charge in [-0.15, -0.1) is 0 Å². The van der Waals surface area contributed by atoms with Crippen LogP contribution in [0.1, 0.15) is 51.6 Å². The Balaban J connectivity index is 2.68. The van der Waals surface area contributed by atoms with E-state index in [1.807, 2.05) is 19.9 Å². The van der Waals surface area contributed by atoms with E-state index in [9.17, 15) is 4.79 Å². The van der Waals surface area contributed by atoms with Crippen molar-refractivity contribution >= 4 is 11.8 Å². The number of ether oxygens (including phenoxy) is 1. The van der Waals surface area contributed by atoms with E-state index in [1.54, 1.807) is 6.92 Å². The van der Waals surface area contributed by atoms with Crippen LogP contribution in [0.4, 0.5) is 5.82 Å². The van der Waals surface area contributed by atoms with Gasteiger partial charge in [-0.3, -0.25) is 4.79 Å². The summed E-state index contributed by atoms with van der Waals surface area (Å²) in [7, 11) is 0. The van der Waals surface area contributed by atoms with Gasteiger partial charge < -0.3 is 10.1 Å². The van der Waals surface area contributed by atoms with Gasteiger partial charge in [0.15, 0.2) is 0 Å². The molecule has 0 spiro atoms. The first kappa shape index (κ1) is 15.4. The zero-order valence-electron chi connectivity index (χ0n) is 12.4. The molecule has 1 atom stereocenters. The Bertz CT molecular complexity index is 433. The Hall–Kier alpha value is -1.65. The molecule has 0 aliphatic rings. The lowest BCUT2D eigenvalue weighted by Gasteiger charge is -2.15. The zero-order chi connectivity index (χ0) is 14.4. The number of nitrogens with zero attached hydrogens (tertiary/aromatic N) is 2. The van der Waals surface area contributed by atoms with Gasteiger partial charge >= 0.3 is 5.97 Å². The fourth-order valence-corrected chi connectivity index (χ4v) is 1.70. The van der Waals surface area contributed by atoms with Gasteiger partial charge in [0.1, 0.15) is 11.6 Å². The smallest absolute Gasteiger partial charge is 0.307 e. The van der Waals surface area contributed by atoms with Crippen molar-refractivity contribution in [3.8, 4) is 0 Å². The SMILES string of the molecule is CCOC(=O)CC(C)Nc1cc(C)nc(C(C)C)n1. The first-order valence-electron chi connectivity index (χ1n) is 6.70. The van der Waals surface area contributed by atoms with Crippen molar-refractivity contribution in [3.05, 3.63) is 17.6 Å². The second kappa shape index (κ2) is 7.07. The van der Waals surface area contributed by atoms with Gasteiger partial charge in [0.2, 0.25) is 0 Å². The van der Waals surface area contributed by atoms with E-state index in [1.165, 1.54) is 0 Å². The van der Waals surface area contributed by atoms with Gasteiger partial charge in [0.05, 0.1) is 13.0 Å². The molecule has 0 saturated carbocycles. The maximum Gasteiger partial charge on any atom is 0.307 e. The molecule has 0 radical (unpaired) electrons. The number of nitrogens with one attached hydrogen (secondary N) is 1. The maximum atomic E-state index is 11.4. The fourth-order valence-electron chi connectivity index (χ4n) is 1.70. The van der Waals surface area contributed by atoms with Gasteiger partial charge in [0.25, 0.3) is 0 Å². The quantitative estimate of drug-likeness (QED) is 0.801. The van der Waals surface area contributed by atoms with Gasteiger partial charge in [-0.1, -0.05) is 13.8 Å². The molecule has 5 nitrogen and oxygen atoms in total. The van der Waals surface area contributed by atoms with Crippen molar-refractivity contribution < 1.29 is 9.53 Å². The lowest BCUT2D eigenvalue weighted by atomic mass is 10.2. The molecule has 0 aliphatic heterocycles. The van der Waals surface area contributed by atoms with Gasteiger partial charge in [-0.05, 0) is 20.8 Å². The predicted octanol–water partition coefficient (Wildman–Crippen LogP) is 2.66. The van der Waals surface area contributed by atoms with Crippen LogP contribution in [0.25, 0.3) is 0 Å². The van der Waals surface area contributed by atoms with Crippen LogP contribution in [0.5, 0.6) is 0 Å². The fraction of sp³-hybridized carbons (Fsp3) is 0.643. The second-order valence-corrected chi connectivity index (χ2v) is 4.96. The number of carbonyl (C=O) groups excluding carboxylic acids is 1. The first-order chi connectivity index (χ1) is 8.92. The van der Waals surface area contributed by atoms with Crippen LogP contribution in [0, 0.1) is 6.92 Å². The third-order valence-electron chi connectivity index (χ3n) is 2.56. The van der Waals surface area contributed by atoms with E-state index in [-0.39, 0.29) is 17.9 Å². The van der Waals surface area contributed by atoms with Crippen molar-refractivity contribution in [1.29, 1.82) is 0 Å². The molecule has 0 aromatic carbocycles. The summed E-state index contributed by atoms with van der Waals surface area (Å²) in [5.74, 6) is 1.65. The molecule has 1 unspecified atom stereocenters. The molecule has 0 fully saturated rings. The molecule has 106 valence electrons.